The second kappa shape index (κ2) is 7.07. The van der Waals surface area contributed by atoms with Crippen LogP contribution in [0.5, 0.6) is 5.75 Å². The highest BCUT2D eigenvalue weighted by atomic mass is 19.4. The van der Waals surface area contributed by atoms with E-state index in [4.69, 9.17) is 4.74 Å². The van der Waals surface area contributed by atoms with Gasteiger partial charge in [0.1, 0.15) is 5.75 Å². The number of rotatable bonds is 4. The monoisotopic (exact) mass is 355 g/mol. The van der Waals surface area contributed by atoms with Crippen molar-refractivity contribution in [2.45, 2.75) is 6.18 Å². The van der Waals surface area contributed by atoms with E-state index in [0.29, 0.717) is 0 Å². The lowest BCUT2D eigenvalue weighted by molar-refractivity contribution is -0.384. The number of nitrogens with zero attached hydrogens (tertiary/aromatic N) is 1. The fourth-order valence-electron chi connectivity index (χ4n) is 1.93. The Bertz CT molecular complexity index is 792. The molecule has 132 valence electrons. The number of carbonyl (C=O) groups excluding carboxylic acids is 1. The van der Waals surface area contributed by atoms with Crippen molar-refractivity contribution in [3.63, 3.8) is 0 Å². The van der Waals surface area contributed by atoms with Gasteiger partial charge in [-0.05, 0) is 30.3 Å². The zero-order valence-corrected chi connectivity index (χ0v) is 12.8. The van der Waals surface area contributed by atoms with E-state index in [1.54, 1.807) is 0 Å². The molecule has 25 heavy (non-hydrogen) atoms. The molecule has 0 aromatic heterocycles. The number of ether oxygens (including phenoxy) is 1. The first-order valence-corrected chi connectivity index (χ1v) is 6.78. The number of methoxy groups -OCH3 is 1. The van der Waals surface area contributed by atoms with Crippen molar-refractivity contribution in [2.24, 2.45) is 0 Å². The maximum atomic E-state index is 12.5. The quantitative estimate of drug-likeness (QED) is 0.633. The molecule has 2 aromatic rings. The van der Waals surface area contributed by atoms with Crippen LogP contribution in [0.15, 0.2) is 42.5 Å². The Morgan fingerprint density at radius 2 is 1.76 bits per heavy atom. The van der Waals surface area contributed by atoms with Crippen LogP contribution in [-0.2, 0) is 6.18 Å². The summed E-state index contributed by atoms with van der Waals surface area (Å²) >= 11 is 0. The standard InChI is InChI=1S/C15H12F3N3O4/c1-25-13-7-6-11(21(23)24)8-12(13)20-14(22)19-10-4-2-9(3-5-10)15(16,17)18/h2-8H,1H3,(H2,19,20,22). The number of nitro groups is 1. The number of hydrogen-bond acceptors (Lipinski definition) is 4. The van der Waals surface area contributed by atoms with Crippen molar-refractivity contribution < 1.29 is 27.6 Å². The fourth-order valence-corrected chi connectivity index (χ4v) is 1.93. The number of nitro benzene ring substituents is 1. The predicted molar refractivity (Wildman–Crippen MR) is 83.7 cm³/mol. The van der Waals surface area contributed by atoms with E-state index in [1.165, 1.54) is 19.2 Å². The molecule has 0 saturated carbocycles. The minimum Gasteiger partial charge on any atom is -0.495 e. The molecule has 2 amide bonds. The van der Waals surface area contributed by atoms with Gasteiger partial charge in [0.05, 0.1) is 23.3 Å². The lowest BCUT2D eigenvalue weighted by Gasteiger charge is -2.12. The Morgan fingerprint density at radius 1 is 1.12 bits per heavy atom. The van der Waals surface area contributed by atoms with Crippen molar-refractivity contribution in [2.75, 3.05) is 17.7 Å². The number of halogens is 3. The normalized spacial score (nSPS) is 10.9. The maximum Gasteiger partial charge on any atom is 0.416 e. The number of anilines is 2. The minimum absolute atomic E-state index is 0.0427. The number of non-ortho nitro benzene ring substituents is 1. The summed E-state index contributed by atoms with van der Waals surface area (Å²) in [7, 11) is 1.32. The van der Waals surface area contributed by atoms with Crippen LogP contribution in [0.25, 0.3) is 0 Å². The van der Waals surface area contributed by atoms with Gasteiger partial charge in [-0.25, -0.2) is 4.79 Å². The van der Waals surface area contributed by atoms with Gasteiger partial charge in [-0.1, -0.05) is 0 Å². The highest BCUT2D eigenvalue weighted by molar-refractivity contribution is 6.00. The molecule has 0 atom stereocenters. The van der Waals surface area contributed by atoms with Crippen molar-refractivity contribution in [1.29, 1.82) is 0 Å². The average molecular weight is 355 g/mol. The summed E-state index contributed by atoms with van der Waals surface area (Å²) in [6, 6.07) is 6.65. The van der Waals surface area contributed by atoms with E-state index in [9.17, 15) is 28.1 Å². The molecular weight excluding hydrogens is 343 g/mol. The van der Waals surface area contributed by atoms with Gasteiger partial charge in [-0.2, -0.15) is 13.2 Å². The van der Waals surface area contributed by atoms with Crippen molar-refractivity contribution in [3.05, 3.63) is 58.1 Å². The van der Waals surface area contributed by atoms with Crippen LogP contribution in [0.3, 0.4) is 0 Å². The summed E-state index contributed by atoms with van der Waals surface area (Å²) in [4.78, 5) is 22.1. The molecular formula is C15H12F3N3O4. The molecule has 7 nitrogen and oxygen atoms in total. The van der Waals surface area contributed by atoms with E-state index < -0.39 is 22.7 Å². The zero-order chi connectivity index (χ0) is 18.6. The Balaban J connectivity index is 2.12. The van der Waals surface area contributed by atoms with Gasteiger partial charge in [0, 0.05) is 17.8 Å². The summed E-state index contributed by atoms with van der Waals surface area (Å²) in [5.41, 5.74) is -0.944. The van der Waals surface area contributed by atoms with Crippen LogP contribution in [0.4, 0.5) is 35.0 Å². The molecule has 0 fully saturated rings. The van der Waals surface area contributed by atoms with E-state index in [0.717, 1.165) is 30.3 Å². The van der Waals surface area contributed by atoms with Gasteiger partial charge in [0.2, 0.25) is 0 Å². The second-order valence-corrected chi connectivity index (χ2v) is 4.80. The van der Waals surface area contributed by atoms with Gasteiger partial charge in [-0.3, -0.25) is 10.1 Å². The Morgan fingerprint density at radius 3 is 2.28 bits per heavy atom. The molecule has 0 bridgehead atoms. The molecule has 10 heteroatoms. The number of urea groups is 1. The van der Waals surface area contributed by atoms with Gasteiger partial charge in [-0.15, -0.1) is 0 Å². The van der Waals surface area contributed by atoms with Crippen molar-refractivity contribution in [1.82, 2.24) is 0 Å². The van der Waals surface area contributed by atoms with Crippen molar-refractivity contribution in [3.8, 4) is 5.75 Å². The molecule has 0 spiro atoms. The zero-order valence-electron chi connectivity index (χ0n) is 12.8. The van der Waals surface area contributed by atoms with E-state index in [-0.39, 0.29) is 22.8 Å². The summed E-state index contributed by atoms with van der Waals surface area (Å²) in [6.07, 6.45) is -4.48. The molecule has 0 aliphatic rings. The molecule has 2 aromatic carbocycles. The van der Waals surface area contributed by atoms with Crippen molar-refractivity contribution >= 4 is 23.1 Å². The van der Waals surface area contributed by atoms with E-state index >= 15 is 0 Å². The molecule has 0 aliphatic carbocycles. The predicted octanol–water partition coefficient (Wildman–Crippen LogP) is 4.27. The Hall–Kier alpha value is -3.30. The highest BCUT2D eigenvalue weighted by Crippen LogP contribution is 2.30. The van der Waals surface area contributed by atoms with Crippen LogP contribution in [0.2, 0.25) is 0 Å². The van der Waals surface area contributed by atoms with Gasteiger partial charge in [0.15, 0.2) is 0 Å². The summed E-state index contributed by atoms with van der Waals surface area (Å²) in [5, 5.41) is 15.5. The van der Waals surface area contributed by atoms with E-state index in [2.05, 4.69) is 10.6 Å². The molecule has 2 rings (SSSR count). The molecule has 0 unspecified atom stereocenters. The van der Waals surface area contributed by atoms with Crippen LogP contribution in [0.1, 0.15) is 5.56 Å². The molecule has 2 N–H and O–H groups in total. The van der Waals surface area contributed by atoms with Gasteiger partial charge in [0.25, 0.3) is 5.69 Å². The van der Waals surface area contributed by atoms with E-state index in [1.807, 2.05) is 0 Å². The minimum atomic E-state index is -4.48. The summed E-state index contributed by atoms with van der Waals surface area (Å²) in [5.74, 6) is 0.188. The Kier molecular flexibility index (Phi) is 5.11. The topological polar surface area (TPSA) is 93.5 Å². The lowest BCUT2D eigenvalue weighted by Crippen LogP contribution is -2.20. The first-order chi connectivity index (χ1) is 11.7. The lowest BCUT2D eigenvalue weighted by atomic mass is 10.2. The SMILES string of the molecule is COc1ccc([N+](=O)[O-])cc1NC(=O)Nc1ccc(C(F)(F)F)cc1. The number of alkyl halides is 3. The van der Waals surface area contributed by atoms with Gasteiger partial charge < -0.3 is 15.4 Å². The molecule has 0 saturated heterocycles. The fraction of sp³-hybridized carbons (Fsp3) is 0.133. The summed E-state index contributed by atoms with van der Waals surface area (Å²) < 4.78 is 42.5. The molecule has 0 radical (unpaired) electrons. The molecule has 0 heterocycles. The van der Waals surface area contributed by atoms with Crippen LogP contribution < -0.4 is 15.4 Å². The number of hydrogen-bond donors (Lipinski definition) is 2. The smallest absolute Gasteiger partial charge is 0.416 e. The molecule has 0 aliphatic heterocycles. The third kappa shape index (κ3) is 4.59. The third-order valence-electron chi connectivity index (χ3n) is 3.11. The van der Waals surface area contributed by atoms with Gasteiger partial charge >= 0.3 is 12.2 Å². The van der Waals surface area contributed by atoms with Crippen LogP contribution in [0, 0.1) is 10.1 Å². The highest BCUT2D eigenvalue weighted by Gasteiger charge is 2.30. The Labute approximate surface area is 139 Å². The third-order valence-corrected chi connectivity index (χ3v) is 3.11. The summed E-state index contributed by atoms with van der Waals surface area (Å²) in [6.45, 7) is 0. The number of benzene rings is 2. The number of nitrogens with one attached hydrogen (secondary N) is 2. The largest absolute Gasteiger partial charge is 0.495 e. The first-order valence-electron chi connectivity index (χ1n) is 6.78. The van der Waals surface area contributed by atoms with Crippen LogP contribution in [-0.4, -0.2) is 18.1 Å². The maximum absolute atomic E-state index is 12.5. The number of carbonyl (C=O) groups is 1. The first kappa shape index (κ1) is 18.0. The van der Waals surface area contributed by atoms with Crippen LogP contribution >= 0.6 is 0 Å². The number of amides is 2. The average Bonchev–Trinajstić information content (AvgIpc) is 2.54. The second-order valence-electron chi connectivity index (χ2n) is 4.80.